The van der Waals surface area contributed by atoms with Gasteiger partial charge in [-0.2, -0.15) is 0 Å². The zero-order valence-electron chi connectivity index (χ0n) is 13.5. The second-order valence-electron chi connectivity index (χ2n) is 5.74. The van der Waals surface area contributed by atoms with Gasteiger partial charge in [-0.3, -0.25) is 9.59 Å². The second-order valence-corrected chi connectivity index (χ2v) is 5.74. The fraction of sp³-hybridized carbons (Fsp3) is 0.263. The Morgan fingerprint density at radius 3 is 2.43 bits per heavy atom. The van der Waals surface area contributed by atoms with Gasteiger partial charge in [0.1, 0.15) is 0 Å². The summed E-state index contributed by atoms with van der Waals surface area (Å²) in [5, 5.41) is 5.68. The number of carbonyl (C=O) groups excluding carboxylic acids is 2. The van der Waals surface area contributed by atoms with Crippen LogP contribution in [0.3, 0.4) is 0 Å². The summed E-state index contributed by atoms with van der Waals surface area (Å²) in [5.74, 6) is -0.198. The second kappa shape index (κ2) is 8.13. The van der Waals surface area contributed by atoms with Gasteiger partial charge in [0.05, 0.1) is 0 Å². The molecule has 0 radical (unpaired) electrons. The molecule has 0 atom stereocenters. The lowest BCUT2D eigenvalue weighted by Crippen LogP contribution is -2.30. The Labute approximate surface area is 136 Å². The molecule has 0 aromatic heterocycles. The van der Waals surface area contributed by atoms with Gasteiger partial charge in [-0.15, -0.1) is 0 Å². The van der Waals surface area contributed by atoms with Crippen LogP contribution >= 0.6 is 0 Å². The van der Waals surface area contributed by atoms with Gasteiger partial charge < -0.3 is 10.6 Å². The number of rotatable bonds is 6. The molecule has 23 heavy (non-hydrogen) atoms. The molecule has 4 nitrogen and oxygen atoms in total. The van der Waals surface area contributed by atoms with E-state index in [1.54, 1.807) is 24.3 Å². The quantitative estimate of drug-likeness (QED) is 0.859. The fourth-order valence-corrected chi connectivity index (χ4v) is 2.21. The van der Waals surface area contributed by atoms with Gasteiger partial charge in [-0.1, -0.05) is 36.4 Å². The third-order valence-corrected chi connectivity index (χ3v) is 3.31. The predicted molar refractivity (Wildman–Crippen MR) is 92.4 cm³/mol. The van der Waals surface area contributed by atoms with E-state index < -0.39 is 0 Å². The Bertz CT molecular complexity index is 666. The predicted octanol–water partition coefficient (Wildman–Crippen LogP) is 3.40. The first-order valence-electron chi connectivity index (χ1n) is 7.79. The van der Waals surface area contributed by atoms with E-state index in [9.17, 15) is 9.59 Å². The van der Waals surface area contributed by atoms with E-state index in [-0.39, 0.29) is 17.9 Å². The van der Waals surface area contributed by atoms with Gasteiger partial charge in [0.15, 0.2) is 0 Å². The molecule has 0 bridgehead atoms. The average molecular weight is 310 g/mol. The van der Waals surface area contributed by atoms with Crippen molar-refractivity contribution in [3.05, 3.63) is 65.7 Å². The molecule has 0 fully saturated rings. The number of benzene rings is 2. The molecule has 0 aliphatic carbocycles. The molecular weight excluding hydrogens is 288 g/mol. The van der Waals surface area contributed by atoms with Gasteiger partial charge in [-0.25, -0.2) is 0 Å². The molecule has 0 saturated carbocycles. The first-order chi connectivity index (χ1) is 11.0. The molecule has 0 saturated heterocycles. The number of carbonyl (C=O) groups is 2. The van der Waals surface area contributed by atoms with Crippen LogP contribution in [-0.4, -0.2) is 17.9 Å². The van der Waals surface area contributed by atoms with Crippen molar-refractivity contribution >= 4 is 17.5 Å². The third kappa shape index (κ3) is 5.58. The molecule has 0 aliphatic heterocycles. The molecule has 2 rings (SSSR count). The van der Waals surface area contributed by atoms with Crippen LogP contribution in [0, 0.1) is 0 Å². The minimum atomic E-state index is -0.139. The van der Waals surface area contributed by atoms with Gasteiger partial charge in [-0.05, 0) is 44.0 Å². The summed E-state index contributed by atoms with van der Waals surface area (Å²) in [4.78, 5) is 24.0. The van der Waals surface area contributed by atoms with Crippen LogP contribution in [-0.2, 0) is 11.2 Å². The molecule has 0 aliphatic rings. The van der Waals surface area contributed by atoms with E-state index in [0.717, 1.165) is 5.56 Å². The van der Waals surface area contributed by atoms with Crippen molar-refractivity contribution in [2.45, 2.75) is 32.7 Å². The Morgan fingerprint density at radius 1 is 1.00 bits per heavy atom. The normalized spacial score (nSPS) is 10.4. The molecule has 2 aromatic rings. The zero-order valence-corrected chi connectivity index (χ0v) is 13.5. The van der Waals surface area contributed by atoms with Gasteiger partial charge in [0, 0.05) is 23.7 Å². The average Bonchev–Trinajstić information content (AvgIpc) is 2.53. The Morgan fingerprint density at radius 2 is 1.74 bits per heavy atom. The number of hydrogen-bond donors (Lipinski definition) is 2. The van der Waals surface area contributed by atoms with Crippen molar-refractivity contribution in [2.24, 2.45) is 0 Å². The first kappa shape index (κ1) is 16.7. The minimum absolute atomic E-state index is 0.0599. The highest BCUT2D eigenvalue weighted by molar-refractivity contribution is 5.97. The maximum Gasteiger partial charge on any atom is 0.251 e. The molecule has 2 N–H and O–H groups in total. The van der Waals surface area contributed by atoms with Crippen molar-refractivity contribution in [1.82, 2.24) is 5.32 Å². The third-order valence-electron chi connectivity index (χ3n) is 3.31. The standard InChI is InChI=1S/C19H22N2O2/c1-14(2)20-19(23)16-9-6-10-17(13-16)21-18(22)12-11-15-7-4-3-5-8-15/h3-10,13-14H,11-12H2,1-2H3,(H,20,23)(H,21,22). The molecule has 4 heteroatoms. The van der Waals surface area contributed by atoms with Crippen molar-refractivity contribution in [3.63, 3.8) is 0 Å². The van der Waals surface area contributed by atoms with E-state index in [1.165, 1.54) is 0 Å². The number of hydrogen-bond acceptors (Lipinski definition) is 2. The molecule has 2 aromatic carbocycles. The van der Waals surface area contributed by atoms with Crippen LogP contribution in [0.25, 0.3) is 0 Å². The van der Waals surface area contributed by atoms with Crippen LogP contribution in [0.15, 0.2) is 54.6 Å². The molecule has 120 valence electrons. The summed E-state index contributed by atoms with van der Waals surface area (Å²) in [6.07, 6.45) is 1.10. The van der Waals surface area contributed by atoms with Crippen molar-refractivity contribution in [3.8, 4) is 0 Å². The topological polar surface area (TPSA) is 58.2 Å². The lowest BCUT2D eigenvalue weighted by atomic mass is 10.1. The van der Waals surface area contributed by atoms with Crippen LogP contribution < -0.4 is 10.6 Å². The lowest BCUT2D eigenvalue weighted by molar-refractivity contribution is -0.116. The lowest BCUT2D eigenvalue weighted by Gasteiger charge is -2.10. The monoisotopic (exact) mass is 310 g/mol. The maximum absolute atomic E-state index is 12.0. The fourth-order valence-electron chi connectivity index (χ4n) is 2.21. The van der Waals surface area contributed by atoms with E-state index >= 15 is 0 Å². The van der Waals surface area contributed by atoms with Crippen molar-refractivity contribution in [2.75, 3.05) is 5.32 Å². The zero-order chi connectivity index (χ0) is 16.7. The number of anilines is 1. The Balaban J connectivity index is 1.92. The first-order valence-corrected chi connectivity index (χ1v) is 7.79. The Kier molecular flexibility index (Phi) is 5.92. The smallest absolute Gasteiger partial charge is 0.251 e. The van der Waals surface area contributed by atoms with Crippen molar-refractivity contribution in [1.29, 1.82) is 0 Å². The van der Waals surface area contributed by atoms with Crippen LogP contribution in [0.5, 0.6) is 0 Å². The summed E-state index contributed by atoms with van der Waals surface area (Å²) in [6, 6.07) is 16.9. The molecule has 2 amide bonds. The molecule has 0 unspecified atom stereocenters. The van der Waals surface area contributed by atoms with Crippen LogP contribution in [0.1, 0.15) is 36.2 Å². The van der Waals surface area contributed by atoms with Crippen LogP contribution in [0.4, 0.5) is 5.69 Å². The summed E-state index contributed by atoms with van der Waals surface area (Å²) in [5.41, 5.74) is 2.31. The van der Waals surface area contributed by atoms with E-state index in [4.69, 9.17) is 0 Å². The molecule has 0 heterocycles. The largest absolute Gasteiger partial charge is 0.350 e. The highest BCUT2D eigenvalue weighted by atomic mass is 16.2. The van der Waals surface area contributed by atoms with E-state index in [2.05, 4.69) is 10.6 Å². The maximum atomic E-state index is 12.0. The van der Waals surface area contributed by atoms with Crippen LogP contribution in [0.2, 0.25) is 0 Å². The minimum Gasteiger partial charge on any atom is -0.350 e. The SMILES string of the molecule is CC(C)NC(=O)c1cccc(NC(=O)CCc2ccccc2)c1. The molecular formula is C19H22N2O2. The summed E-state index contributed by atoms with van der Waals surface area (Å²) in [7, 11) is 0. The summed E-state index contributed by atoms with van der Waals surface area (Å²) in [6.45, 7) is 3.82. The Hall–Kier alpha value is -2.62. The van der Waals surface area contributed by atoms with Gasteiger partial charge in [0.2, 0.25) is 5.91 Å². The van der Waals surface area contributed by atoms with Gasteiger partial charge >= 0.3 is 0 Å². The van der Waals surface area contributed by atoms with Crippen molar-refractivity contribution < 1.29 is 9.59 Å². The number of amides is 2. The summed E-state index contributed by atoms with van der Waals surface area (Å²) < 4.78 is 0. The highest BCUT2D eigenvalue weighted by Gasteiger charge is 2.09. The van der Waals surface area contributed by atoms with Gasteiger partial charge in [0.25, 0.3) is 5.91 Å². The highest BCUT2D eigenvalue weighted by Crippen LogP contribution is 2.12. The summed E-state index contributed by atoms with van der Waals surface area (Å²) >= 11 is 0. The molecule has 0 spiro atoms. The number of nitrogens with one attached hydrogen (secondary N) is 2. The van der Waals surface area contributed by atoms with E-state index in [1.807, 2.05) is 44.2 Å². The number of aryl methyl sites for hydroxylation is 1. The van der Waals surface area contributed by atoms with E-state index in [0.29, 0.717) is 24.1 Å².